The molecule has 0 radical (unpaired) electrons. The van der Waals surface area contributed by atoms with Crippen LogP contribution in [0.4, 0.5) is 0 Å². The number of carbonyl (C=O) groups excluding carboxylic acids is 1. The molecule has 0 aliphatic carbocycles. The van der Waals surface area contributed by atoms with Gasteiger partial charge in [-0.2, -0.15) is 0 Å². The van der Waals surface area contributed by atoms with Gasteiger partial charge in [0, 0.05) is 33.7 Å². The first-order valence-electron chi connectivity index (χ1n) is 9.48. The number of nitrogens with zero attached hydrogens (tertiary/aromatic N) is 2. The summed E-state index contributed by atoms with van der Waals surface area (Å²) in [4.78, 5) is 22.7. The highest BCUT2D eigenvalue weighted by Crippen LogP contribution is 2.36. The first-order chi connectivity index (χ1) is 14.6. The van der Waals surface area contributed by atoms with E-state index < -0.39 is 11.8 Å². The van der Waals surface area contributed by atoms with Crippen molar-refractivity contribution in [3.05, 3.63) is 129 Å². The molecule has 0 N–H and O–H groups in total. The van der Waals surface area contributed by atoms with Gasteiger partial charge in [0.2, 0.25) is 0 Å². The Hall–Kier alpha value is -2.63. The minimum atomic E-state index is -0.458. The van der Waals surface area contributed by atoms with Gasteiger partial charge >= 0.3 is 0 Å². The van der Waals surface area contributed by atoms with E-state index in [0.717, 1.165) is 31.2 Å². The second kappa shape index (κ2) is 9.45. The fourth-order valence-corrected chi connectivity index (χ4v) is 4.51. The van der Waals surface area contributed by atoms with Crippen LogP contribution >= 0.6 is 31.9 Å². The Bertz CT molecular complexity index is 1060. The second-order valence-electron chi connectivity index (χ2n) is 6.95. The molecule has 0 saturated carbocycles. The van der Waals surface area contributed by atoms with Crippen molar-refractivity contribution < 1.29 is 4.79 Å². The molecule has 2 atom stereocenters. The minimum absolute atomic E-state index is 0.0761. The minimum Gasteiger partial charge on any atom is -0.298 e. The van der Waals surface area contributed by atoms with Gasteiger partial charge in [-0.3, -0.25) is 14.8 Å². The van der Waals surface area contributed by atoms with Gasteiger partial charge < -0.3 is 0 Å². The van der Waals surface area contributed by atoms with E-state index in [9.17, 15) is 4.79 Å². The summed E-state index contributed by atoms with van der Waals surface area (Å²) in [6.07, 6.45) is 6.98. The van der Waals surface area contributed by atoms with Crippen LogP contribution in [0.3, 0.4) is 0 Å². The summed E-state index contributed by atoms with van der Waals surface area (Å²) in [6, 6.07) is 23.4. The van der Waals surface area contributed by atoms with E-state index >= 15 is 0 Å². The summed E-state index contributed by atoms with van der Waals surface area (Å²) in [5.74, 6) is -0.840. The number of halogens is 2. The highest BCUT2D eigenvalue weighted by Gasteiger charge is 2.32. The highest BCUT2D eigenvalue weighted by molar-refractivity contribution is 9.10. The van der Waals surface area contributed by atoms with E-state index in [0.29, 0.717) is 0 Å². The number of carbonyl (C=O) groups is 1. The topological polar surface area (TPSA) is 42.9 Å². The Labute approximate surface area is 192 Å². The molecule has 2 aromatic heterocycles. The Morgan fingerprint density at radius 2 is 1.07 bits per heavy atom. The van der Waals surface area contributed by atoms with Crippen LogP contribution in [0.25, 0.3) is 0 Å². The van der Waals surface area contributed by atoms with Crippen molar-refractivity contribution in [2.24, 2.45) is 0 Å². The van der Waals surface area contributed by atoms with Crippen LogP contribution < -0.4 is 0 Å². The highest BCUT2D eigenvalue weighted by atomic mass is 79.9. The predicted molar refractivity (Wildman–Crippen MR) is 125 cm³/mol. The molecule has 0 aliphatic rings. The van der Waals surface area contributed by atoms with Crippen molar-refractivity contribution in [2.75, 3.05) is 0 Å². The lowest BCUT2D eigenvalue weighted by Gasteiger charge is -2.24. The van der Waals surface area contributed by atoms with Crippen molar-refractivity contribution >= 4 is 37.6 Å². The average molecular weight is 522 g/mol. The van der Waals surface area contributed by atoms with Crippen molar-refractivity contribution in [1.29, 1.82) is 0 Å². The normalized spacial score (nSPS) is 12.9. The van der Waals surface area contributed by atoms with Crippen LogP contribution in [-0.2, 0) is 4.79 Å². The van der Waals surface area contributed by atoms with Crippen molar-refractivity contribution in [3.63, 3.8) is 0 Å². The smallest absolute Gasteiger partial charge is 0.156 e. The maximum Gasteiger partial charge on any atom is 0.156 e. The molecule has 0 spiro atoms. The van der Waals surface area contributed by atoms with Gasteiger partial charge in [0.15, 0.2) is 5.78 Å². The molecule has 0 saturated heterocycles. The third kappa shape index (κ3) is 4.58. The number of hydrogen-bond donors (Lipinski definition) is 0. The molecule has 0 bridgehead atoms. The van der Waals surface area contributed by atoms with Gasteiger partial charge in [-0.15, -0.1) is 0 Å². The number of rotatable bonds is 6. The number of hydrogen-bond acceptors (Lipinski definition) is 3. The third-order valence-corrected chi connectivity index (χ3v) is 5.96. The lowest BCUT2D eigenvalue weighted by atomic mass is 9.78. The standard InChI is InChI=1S/C25H18Br2N2O/c26-21-9-1-5-17(13-21)23(19-7-3-11-28-15-19)25(30)24(20-8-4-12-29-16-20)18-6-2-10-22(27)14-18/h1-16,23-24H. The van der Waals surface area contributed by atoms with E-state index in [2.05, 4.69) is 41.8 Å². The summed E-state index contributed by atoms with van der Waals surface area (Å²) in [5, 5.41) is 0. The van der Waals surface area contributed by atoms with Crippen LogP contribution in [-0.4, -0.2) is 15.8 Å². The third-order valence-electron chi connectivity index (χ3n) is 4.97. The Kier molecular flexibility index (Phi) is 6.50. The summed E-state index contributed by atoms with van der Waals surface area (Å²) in [6.45, 7) is 0. The van der Waals surface area contributed by atoms with Crippen LogP contribution in [0, 0.1) is 0 Å². The summed E-state index contributed by atoms with van der Waals surface area (Å²) in [7, 11) is 0. The molecule has 5 heteroatoms. The summed E-state index contributed by atoms with van der Waals surface area (Å²) < 4.78 is 1.86. The monoisotopic (exact) mass is 520 g/mol. The quantitative estimate of drug-likeness (QED) is 0.289. The second-order valence-corrected chi connectivity index (χ2v) is 8.78. The average Bonchev–Trinajstić information content (AvgIpc) is 2.76. The zero-order chi connectivity index (χ0) is 20.9. The molecule has 3 nitrogen and oxygen atoms in total. The zero-order valence-electron chi connectivity index (χ0n) is 16.0. The summed E-state index contributed by atoms with van der Waals surface area (Å²) in [5.41, 5.74) is 3.58. The molecule has 0 amide bonds. The number of Topliss-reactive ketones (excluding diaryl/α,β-unsaturated/α-hetero) is 1. The molecule has 2 heterocycles. The molecule has 2 unspecified atom stereocenters. The first-order valence-corrected chi connectivity index (χ1v) is 11.1. The molecule has 30 heavy (non-hydrogen) atoms. The Balaban J connectivity index is 1.88. The van der Waals surface area contributed by atoms with Crippen LogP contribution in [0.15, 0.2) is 107 Å². The van der Waals surface area contributed by atoms with Gasteiger partial charge in [0.25, 0.3) is 0 Å². The van der Waals surface area contributed by atoms with Crippen LogP contribution in [0.1, 0.15) is 34.1 Å². The molecular formula is C25H18Br2N2O. The first kappa shape index (κ1) is 20.6. The number of pyridine rings is 2. The largest absolute Gasteiger partial charge is 0.298 e. The molecule has 4 aromatic rings. The SMILES string of the molecule is O=C(C(c1cccnc1)c1cccc(Br)c1)C(c1cccnc1)c1cccc(Br)c1. The number of ketones is 1. The predicted octanol–water partition coefficient (Wildman–Crippen LogP) is 6.53. The molecule has 2 aromatic carbocycles. The van der Waals surface area contributed by atoms with Crippen molar-refractivity contribution in [3.8, 4) is 0 Å². The fourth-order valence-electron chi connectivity index (χ4n) is 3.67. The van der Waals surface area contributed by atoms with Crippen molar-refractivity contribution in [2.45, 2.75) is 11.8 Å². The van der Waals surface area contributed by atoms with E-state index in [1.54, 1.807) is 24.8 Å². The molecule has 0 fully saturated rings. The van der Waals surface area contributed by atoms with Gasteiger partial charge in [0.05, 0.1) is 11.8 Å². The van der Waals surface area contributed by atoms with E-state index in [1.807, 2.05) is 72.8 Å². The van der Waals surface area contributed by atoms with E-state index in [-0.39, 0.29) is 5.78 Å². The molecular weight excluding hydrogens is 504 g/mol. The van der Waals surface area contributed by atoms with Gasteiger partial charge in [-0.25, -0.2) is 0 Å². The van der Waals surface area contributed by atoms with Crippen LogP contribution in [0.5, 0.6) is 0 Å². The summed E-state index contributed by atoms with van der Waals surface area (Å²) >= 11 is 7.09. The maximum atomic E-state index is 14.2. The van der Waals surface area contributed by atoms with Crippen LogP contribution in [0.2, 0.25) is 0 Å². The lowest BCUT2D eigenvalue weighted by Crippen LogP contribution is -2.23. The van der Waals surface area contributed by atoms with Gasteiger partial charge in [-0.05, 0) is 58.7 Å². The lowest BCUT2D eigenvalue weighted by molar-refractivity contribution is -0.120. The maximum absolute atomic E-state index is 14.2. The molecule has 4 rings (SSSR count). The molecule has 0 aliphatic heterocycles. The zero-order valence-corrected chi connectivity index (χ0v) is 19.1. The van der Waals surface area contributed by atoms with Crippen molar-refractivity contribution in [1.82, 2.24) is 9.97 Å². The van der Waals surface area contributed by atoms with E-state index in [4.69, 9.17) is 0 Å². The fraction of sp³-hybridized carbons (Fsp3) is 0.0800. The Morgan fingerprint density at radius 3 is 1.43 bits per heavy atom. The number of benzene rings is 2. The molecule has 148 valence electrons. The van der Waals surface area contributed by atoms with Gasteiger partial charge in [-0.1, -0.05) is 68.3 Å². The van der Waals surface area contributed by atoms with Gasteiger partial charge in [0.1, 0.15) is 0 Å². The Morgan fingerprint density at radius 1 is 0.633 bits per heavy atom. The van der Waals surface area contributed by atoms with E-state index in [1.165, 1.54) is 0 Å². The number of aromatic nitrogens is 2.